The molecule has 2 heterocycles. The second kappa shape index (κ2) is 5.69. The molecule has 0 saturated carbocycles. The van der Waals surface area contributed by atoms with Crippen molar-refractivity contribution in [2.75, 3.05) is 6.61 Å². The average molecular weight is 314 g/mol. The molecule has 0 aliphatic carbocycles. The van der Waals surface area contributed by atoms with E-state index in [4.69, 9.17) is 14.4 Å². The normalized spacial score (nSPS) is 10.5. The maximum Gasteiger partial charge on any atom is 0.329 e. The lowest BCUT2D eigenvalue weighted by Gasteiger charge is -1.95. The van der Waals surface area contributed by atoms with Gasteiger partial charge in [-0.05, 0) is 28.1 Å². The van der Waals surface area contributed by atoms with Crippen LogP contribution in [0, 0.1) is 0 Å². The minimum Gasteiger partial charge on any atom is -0.480 e. The second-order valence-corrected chi connectivity index (χ2v) is 4.09. The fourth-order valence-corrected chi connectivity index (χ4v) is 1.62. The molecule has 0 radical (unpaired) electrons. The number of aromatic nitrogens is 3. The molecule has 2 aromatic rings. The smallest absolute Gasteiger partial charge is 0.329 e. The molecule has 0 spiro atoms. The molecule has 0 aromatic carbocycles. The third-order valence-corrected chi connectivity index (χ3v) is 2.53. The Morgan fingerprint density at radius 3 is 3.11 bits per heavy atom. The first kappa shape index (κ1) is 12.7. The summed E-state index contributed by atoms with van der Waals surface area (Å²) in [5, 5.41) is 12.1. The van der Waals surface area contributed by atoms with Gasteiger partial charge in [0.1, 0.15) is 18.9 Å². The summed E-state index contributed by atoms with van der Waals surface area (Å²) in [4.78, 5) is 18.4. The van der Waals surface area contributed by atoms with Crippen molar-refractivity contribution in [1.82, 2.24) is 15.1 Å². The number of carboxylic acid groups (broad SMARTS) is 1. The molecule has 0 aliphatic heterocycles. The summed E-state index contributed by atoms with van der Waals surface area (Å²) in [7, 11) is 0. The van der Waals surface area contributed by atoms with Gasteiger partial charge in [-0.15, -0.1) is 0 Å². The van der Waals surface area contributed by atoms with Gasteiger partial charge < -0.3 is 14.4 Å². The van der Waals surface area contributed by atoms with Crippen molar-refractivity contribution in [2.45, 2.75) is 6.61 Å². The van der Waals surface area contributed by atoms with Gasteiger partial charge in [0.15, 0.2) is 0 Å². The minimum absolute atomic E-state index is 0.0518. The van der Waals surface area contributed by atoms with E-state index in [1.807, 2.05) is 0 Å². The molecule has 7 nitrogen and oxygen atoms in total. The Morgan fingerprint density at radius 2 is 2.39 bits per heavy atom. The largest absolute Gasteiger partial charge is 0.480 e. The molecule has 2 aromatic heterocycles. The van der Waals surface area contributed by atoms with Crippen LogP contribution in [0.4, 0.5) is 0 Å². The highest BCUT2D eigenvalue weighted by Crippen LogP contribution is 2.22. The van der Waals surface area contributed by atoms with Gasteiger partial charge in [-0.25, -0.2) is 4.79 Å². The van der Waals surface area contributed by atoms with Crippen molar-refractivity contribution < 1.29 is 19.2 Å². The molecule has 1 N–H and O–H groups in total. The summed E-state index contributed by atoms with van der Waals surface area (Å²) in [5.41, 5.74) is 0.547. The summed E-state index contributed by atoms with van der Waals surface area (Å²) >= 11 is 3.32. The van der Waals surface area contributed by atoms with Crippen molar-refractivity contribution in [3.05, 3.63) is 28.7 Å². The molecule has 18 heavy (non-hydrogen) atoms. The maximum absolute atomic E-state index is 10.3. The summed E-state index contributed by atoms with van der Waals surface area (Å²) < 4.78 is 10.5. The monoisotopic (exact) mass is 313 g/mol. The third kappa shape index (κ3) is 3.11. The molecule has 2 rings (SSSR count). The summed E-state index contributed by atoms with van der Waals surface area (Å²) in [6, 6.07) is 3.57. The van der Waals surface area contributed by atoms with Crippen LogP contribution in [-0.4, -0.2) is 32.8 Å². The quantitative estimate of drug-likeness (QED) is 0.892. The zero-order valence-electron chi connectivity index (χ0n) is 9.04. The molecule has 94 valence electrons. The van der Waals surface area contributed by atoms with Crippen molar-refractivity contribution in [1.29, 1.82) is 0 Å². The molecular weight excluding hydrogens is 306 g/mol. The van der Waals surface area contributed by atoms with Crippen LogP contribution in [0.25, 0.3) is 11.5 Å². The zero-order valence-corrected chi connectivity index (χ0v) is 10.6. The number of carbonyl (C=O) groups is 1. The molecular formula is C10H8BrN3O4. The summed E-state index contributed by atoms with van der Waals surface area (Å²) in [6.07, 6.45) is 1.61. The topological polar surface area (TPSA) is 98.3 Å². The number of nitrogens with zero attached hydrogens (tertiary/aromatic N) is 3. The Kier molecular flexibility index (Phi) is 4.00. The predicted molar refractivity (Wildman–Crippen MR) is 62.5 cm³/mol. The third-order valence-electron chi connectivity index (χ3n) is 1.89. The Morgan fingerprint density at radius 1 is 1.56 bits per heavy atom. The number of ether oxygens (including phenoxy) is 1. The van der Waals surface area contributed by atoms with E-state index in [9.17, 15) is 4.79 Å². The Hall–Kier alpha value is -1.80. The molecule has 0 bridgehead atoms. The van der Waals surface area contributed by atoms with Gasteiger partial charge in [-0.3, -0.25) is 4.98 Å². The van der Waals surface area contributed by atoms with Crippen LogP contribution in [0.15, 0.2) is 27.3 Å². The van der Waals surface area contributed by atoms with E-state index in [1.54, 1.807) is 18.3 Å². The van der Waals surface area contributed by atoms with Gasteiger partial charge in [0.2, 0.25) is 5.82 Å². The Labute approximate surface area is 110 Å². The number of aliphatic carboxylic acids is 1. The number of hydrogen-bond acceptors (Lipinski definition) is 6. The lowest BCUT2D eigenvalue weighted by atomic mass is 10.3. The predicted octanol–water partition coefficient (Wildman–Crippen LogP) is 1.50. The van der Waals surface area contributed by atoms with Gasteiger partial charge in [-0.2, -0.15) is 4.98 Å². The SMILES string of the molecule is O=C(O)COCc1nc(-c2ncccc2Br)no1. The number of rotatable bonds is 5. The first-order valence-electron chi connectivity index (χ1n) is 4.90. The molecule has 0 fully saturated rings. The van der Waals surface area contributed by atoms with Gasteiger partial charge >= 0.3 is 5.97 Å². The molecule has 0 aliphatic rings. The maximum atomic E-state index is 10.3. The van der Waals surface area contributed by atoms with Crippen molar-refractivity contribution in [3.63, 3.8) is 0 Å². The van der Waals surface area contributed by atoms with E-state index in [0.717, 1.165) is 4.47 Å². The first-order valence-corrected chi connectivity index (χ1v) is 5.69. The highest BCUT2D eigenvalue weighted by Gasteiger charge is 2.12. The van der Waals surface area contributed by atoms with Crippen molar-refractivity contribution in [2.24, 2.45) is 0 Å². The van der Waals surface area contributed by atoms with E-state index in [0.29, 0.717) is 11.5 Å². The fourth-order valence-electron chi connectivity index (χ4n) is 1.19. The molecule has 0 unspecified atom stereocenters. The van der Waals surface area contributed by atoms with E-state index >= 15 is 0 Å². The number of halogens is 1. The minimum atomic E-state index is -1.05. The van der Waals surface area contributed by atoms with Gasteiger partial charge in [-0.1, -0.05) is 5.16 Å². The summed E-state index contributed by atoms with van der Waals surface area (Å²) in [6.45, 7) is -0.464. The fraction of sp³-hybridized carbons (Fsp3) is 0.200. The molecule has 8 heteroatoms. The van der Waals surface area contributed by atoms with E-state index < -0.39 is 12.6 Å². The highest BCUT2D eigenvalue weighted by atomic mass is 79.9. The average Bonchev–Trinajstić information content (AvgIpc) is 2.78. The zero-order chi connectivity index (χ0) is 13.0. The van der Waals surface area contributed by atoms with Crippen LogP contribution in [0.2, 0.25) is 0 Å². The van der Waals surface area contributed by atoms with Crippen molar-refractivity contribution in [3.8, 4) is 11.5 Å². The number of carboxylic acids is 1. The van der Waals surface area contributed by atoms with E-state index in [1.165, 1.54) is 0 Å². The molecule has 0 atom stereocenters. The van der Waals surface area contributed by atoms with E-state index in [2.05, 4.69) is 31.1 Å². The van der Waals surface area contributed by atoms with Gasteiger partial charge in [0, 0.05) is 10.7 Å². The van der Waals surface area contributed by atoms with Gasteiger partial charge in [0.25, 0.3) is 5.89 Å². The van der Waals surface area contributed by atoms with E-state index in [-0.39, 0.29) is 12.5 Å². The second-order valence-electron chi connectivity index (χ2n) is 3.23. The first-order chi connectivity index (χ1) is 8.66. The van der Waals surface area contributed by atoms with Crippen LogP contribution in [0.3, 0.4) is 0 Å². The van der Waals surface area contributed by atoms with Crippen LogP contribution in [-0.2, 0) is 16.1 Å². The molecule has 0 saturated heterocycles. The number of hydrogen-bond donors (Lipinski definition) is 1. The van der Waals surface area contributed by atoms with Crippen LogP contribution >= 0.6 is 15.9 Å². The number of pyridine rings is 1. The standard InChI is InChI=1S/C10H8BrN3O4/c11-6-2-1-3-12-9(6)10-13-7(18-14-10)4-17-5-8(15)16/h1-3H,4-5H2,(H,15,16). The highest BCUT2D eigenvalue weighted by molar-refractivity contribution is 9.10. The van der Waals surface area contributed by atoms with Crippen LogP contribution in [0.1, 0.15) is 5.89 Å². The lowest BCUT2D eigenvalue weighted by Crippen LogP contribution is -2.06. The van der Waals surface area contributed by atoms with Crippen LogP contribution in [0.5, 0.6) is 0 Å². The lowest BCUT2D eigenvalue weighted by molar-refractivity contribution is -0.142. The van der Waals surface area contributed by atoms with Crippen LogP contribution < -0.4 is 0 Å². The Bertz CT molecular complexity index is 558. The Balaban J connectivity index is 2.06. The van der Waals surface area contributed by atoms with Gasteiger partial charge in [0.05, 0.1) is 0 Å². The summed E-state index contributed by atoms with van der Waals surface area (Å²) in [5.74, 6) is -0.539. The molecule has 0 amide bonds. The van der Waals surface area contributed by atoms with Crippen molar-refractivity contribution >= 4 is 21.9 Å².